The van der Waals surface area contributed by atoms with Crippen LogP contribution < -0.4 is 0 Å². The van der Waals surface area contributed by atoms with Gasteiger partial charge in [-0.2, -0.15) is 5.10 Å². The van der Waals surface area contributed by atoms with Crippen LogP contribution in [0.4, 0.5) is 0 Å². The number of fused-ring (bicyclic) bond motifs is 1. The van der Waals surface area contributed by atoms with Crippen LogP contribution >= 0.6 is 23.8 Å². The van der Waals surface area contributed by atoms with E-state index in [9.17, 15) is 5.11 Å². The van der Waals surface area contributed by atoms with Crippen molar-refractivity contribution in [2.45, 2.75) is 13.3 Å². The van der Waals surface area contributed by atoms with Crippen molar-refractivity contribution in [2.75, 3.05) is 0 Å². The van der Waals surface area contributed by atoms with Gasteiger partial charge in [-0.25, -0.2) is 0 Å². The molecule has 4 rings (SSSR count). The number of phenols is 1. The van der Waals surface area contributed by atoms with Gasteiger partial charge in [-0.05, 0) is 47.8 Å². The minimum absolute atomic E-state index is 0.000599. The second kappa shape index (κ2) is 6.59. The first-order valence-electron chi connectivity index (χ1n) is 8.27. The van der Waals surface area contributed by atoms with Crippen molar-refractivity contribution in [3.05, 3.63) is 70.0 Å². The number of rotatable bonds is 3. The van der Waals surface area contributed by atoms with Gasteiger partial charge in [-0.3, -0.25) is 9.67 Å². The number of H-pyrrole nitrogens is 1. The van der Waals surface area contributed by atoms with Gasteiger partial charge in [0, 0.05) is 5.39 Å². The molecule has 4 nitrogen and oxygen atoms in total. The lowest BCUT2D eigenvalue weighted by molar-refractivity contribution is 0.477. The van der Waals surface area contributed by atoms with Gasteiger partial charge in [-0.1, -0.05) is 54.9 Å². The van der Waals surface area contributed by atoms with Crippen molar-refractivity contribution in [2.24, 2.45) is 0 Å². The number of aryl methyl sites for hydroxylation is 1. The number of nitrogens with zero attached hydrogens (tertiary/aromatic N) is 2. The van der Waals surface area contributed by atoms with Crippen molar-refractivity contribution in [3.63, 3.8) is 0 Å². The molecule has 26 heavy (non-hydrogen) atoms. The molecule has 0 fully saturated rings. The van der Waals surface area contributed by atoms with Crippen LogP contribution in [-0.2, 0) is 6.42 Å². The molecule has 0 aliphatic carbocycles. The number of benzene rings is 3. The number of aromatic hydroxyl groups is 1. The van der Waals surface area contributed by atoms with E-state index in [1.54, 1.807) is 6.07 Å². The second-order valence-corrected chi connectivity index (χ2v) is 6.81. The third-order valence-corrected chi connectivity index (χ3v) is 5.01. The molecule has 0 unspecified atom stereocenters. The minimum atomic E-state index is -0.000599. The highest BCUT2D eigenvalue weighted by Crippen LogP contribution is 2.37. The van der Waals surface area contributed by atoms with Gasteiger partial charge in [0.2, 0.25) is 0 Å². The van der Waals surface area contributed by atoms with Gasteiger partial charge in [0.05, 0.1) is 16.3 Å². The summed E-state index contributed by atoms with van der Waals surface area (Å²) in [6, 6.07) is 17.8. The predicted molar refractivity (Wildman–Crippen MR) is 108 cm³/mol. The number of hydrogen-bond donors (Lipinski definition) is 2. The number of aromatic nitrogens is 3. The molecule has 3 aromatic carbocycles. The largest absolute Gasteiger partial charge is 0.506 e. The molecule has 0 radical (unpaired) electrons. The summed E-state index contributed by atoms with van der Waals surface area (Å²) in [6.07, 6.45) is 0.798. The van der Waals surface area contributed by atoms with Crippen LogP contribution in [0.15, 0.2) is 54.6 Å². The summed E-state index contributed by atoms with van der Waals surface area (Å²) in [5, 5.41) is 20.2. The molecule has 2 N–H and O–H groups in total. The van der Waals surface area contributed by atoms with E-state index in [4.69, 9.17) is 23.8 Å². The Morgan fingerprint density at radius 3 is 2.73 bits per heavy atom. The lowest BCUT2D eigenvalue weighted by Crippen LogP contribution is -2.00. The fourth-order valence-electron chi connectivity index (χ4n) is 3.13. The Morgan fingerprint density at radius 1 is 1.15 bits per heavy atom. The van der Waals surface area contributed by atoms with E-state index >= 15 is 0 Å². The van der Waals surface area contributed by atoms with Crippen LogP contribution in [0.5, 0.6) is 5.75 Å². The van der Waals surface area contributed by atoms with Crippen molar-refractivity contribution in [1.82, 2.24) is 14.8 Å². The summed E-state index contributed by atoms with van der Waals surface area (Å²) < 4.78 is 2.29. The predicted octanol–water partition coefficient (Wildman–Crippen LogP) is 5.67. The highest BCUT2D eigenvalue weighted by atomic mass is 35.5. The highest BCUT2D eigenvalue weighted by Gasteiger charge is 2.18. The Bertz CT molecular complexity index is 1170. The van der Waals surface area contributed by atoms with Gasteiger partial charge in [0.1, 0.15) is 5.75 Å². The standard InChI is InChI=1S/C20H16ClN3OS/c1-2-12-10-15(18(25)16(21)11-12)19-22-23-20(26)24(19)17-9-5-7-13-6-3-4-8-14(13)17/h3-11,25H,2H2,1H3,(H,23,26). The fraction of sp³-hybridized carbons (Fsp3) is 0.100. The Morgan fingerprint density at radius 2 is 1.92 bits per heavy atom. The molecule has 6 heteroatoms. The average molecular weight is 382 g/mol. The molecule has 0 bridgehead atoms. The summed E-state index contributed by atoms with van der Waals surface area (Å²) >= 11 is 11.7. The van der Waals surface area contributed by atoms with Crippen molar-refractivity contribution in [1.29, 1.82) is 0 Å². The minimum Gasteiger partial charge on any atom is -0.506 e. The SMILES string of the molecule is CCc1cc(Cl)c(O)c(-c2n[nH]c(=S)n2-c2cccc3ccccc23)c1. The molecular weight excluding hydrogens is 366 g/mol. The third kappa shape index (κ3) is 2.69. The molecule has 0 spiro atoms. The van der Waals surface area contributed by atoms with Crippen LogP contribution in [0.2, 0.25) is 5.02 Å². The summed E-state index contributed by atoms with van der Waals surface area (Å²) in [5.41, 5.74) is 2.46. The van der Waals surface area contributed by atoms with E-state index in [2.05, 4.69) is 10.2 Å². The average Bonchev–Trinajstić information content (AvgIpc) is 3.04. The summed E-state index contributed by atoms with van der Waals surface area (Å²) in [5.74, 6) is 0.528. The van der Waals surface area contributed by atoms with E-state index < -0.39 is 0 Å². The summed E-state index contributed by atoms with van der Waals surface area (Å²) in [6.45, 7) is 2.04. The zero-order valence-corrected chi connectivity index (χ0v) is 15.6. The molecule has 4 aromatic rings. The Hall–Kier alpha value is -2.63. The van der Waals surface area contributed by atoms with Gasteiger partial charge in [0.15, 0.2) is 10.6 Å². The van der Waals surface area contributed by atoms with Gasteiger partial charge < -0.3 is 5.11 Å². The molecule has 0 saturated carbocycles. The molecule has 0 saturated heterocycles. The highest BCUT2D eigenvalue weighted by molar-refractivity contribution is 7.71. The maximum Gasteiger partial charge on any atom is 0.200 e. The molecule has 0 amide bonds. The summed E-state index contributed by atoms with van der Waals surface area (Å²) in [7, 11) is 0. The molecule has 0 aliphatic heterocycles. The van der Waals surface area contributed by atoms with Crippen molar-refractivity contribution < 1.29 is 5.11 Å². The Labute approximate surface area is 160 Å². The van der Waals surface area contributed by atoms with Crippen LogP contribution in [0.1, 0.15) is 12.5 Å². The second-order valence-electron chi connectivity index (χ2n) is 6.01. The van der Waals surface area contributed by atoms with Crippen LogP contribution in [0.3, 0.4) is 0 Å². The van der Waals surface area contributed by atoms with Crippen LogP contribution in [0.25, 0.3) is 27.8 Å². The maximum absolute atomic E-state index is 10.5. The molecule has 130 valence electrons. The number of aromatic amines is 1. The number of halogens is 1. The number of hydrogen-bond acceptors (Lipinski definition) is 3. The van der Waals surface area contributed by atoms with Crippen LogP contribution in [-0.4, -0.2) is 19.9 Å². The zero-order valence-electron chi connectivity index (χ0n) is 14.0. The lowest BCUT2D eigenvalue weighted by atomic mass is 10.1. The van der Waals surface area contributed by atoms with E-state index in [-0.39, 0.29) is 5.75 Å². The third-order valence-electron chi connectivity index (χ3n) is 4.45. The first-order valence-corrected chi connectivity index (χ1v) is 9.06. The van der Waals surface area contributed by atoms with Gasteiger partial charge >= 0.3 is 0 Å². The first kappa shape index (κ1) is 16.8. The molecular formula is C20H16ClN3OS. The first-order chi connectivity index (χ1) is 12.6. The van der Waals surface area contributed by atoms with Crippen molar-refractivity contribution in [3.8, 4) is 22.8 Å². The number of nitrogens with one attached hydrogen (secondary N) is 1. The monoisotopic (exact) mass is 381 g/mol. The zero-order chi connectivity index (χ0) is 18.3. The molecule has 1 heterocycles. The smallest absolute Gasteiger partial charge is 0.200 e. The molecule has 0 atom stereocenters. The number of phenolic OH excluding ortho intramolecular Hbond substituents is 1. The lowest BCUT2D eigenvalue weighted by Gasteiger charge is -2.13. The quantitative estimate of drug-likeness (QED) is 0.449. The maximum atomic E-state index is 10.5. The van der Waals surface area contributed by atoms with Crippen LogP contribution in [0, 0.1) is 4.77 Å². The topological polar surface area (TPSA) is 53.8 Å². The van der Waals surface area contributed by atoms with Gasteiger partial charge in [0.25, 0.3) is 0 Å². The Kier molecular flexibility index (Phi) is 4.26. The van der Waals surface area contributed by atoms with E-state index in [0.717, 1.165) is 28.4 Å². The van der Waals surface area contributed by atoms with Gasteiger partial charge in [-0.15, -0.1) is 0 Å². The van der Waals surface area contributed by atoms with E-state index in [1.807, 2.05) is 60.0 Å². The van der Waals surface area contributed by atoms with E-state index in [1.165, 1.54) is 0 Å². The summed E-state index contributed by atoms with van der Waals surface area (Å²) in [4.78, 5) is 0. The normalized spacial score (nSPS) is 11.2. The van der Waals surface area contributed by atoms with Crippen molar-refractivity contribution >= 4 is 34.6 Å². The fourth-order valence-corrected chi connectivity index (χ4v) is 3.61. The van der Waals surface area contributed by atoms with E-state index in [0.29, 0.717) is 21.2 Å². The molecule has 1 aromatic heterocycles. The molecule has 0 aliphatic rings. The Balaban J connectivity index is 2.04.